The number of nitrogens with one attached hydrogen (secondary N) is 1. The SMILES string of the molecule is CN/C(C)=C(\Cl)C(C)=O. The summed E-state index contributed by atoms with van der Waals surface area (Å²) in [4.78, 5) is 10.5. The molecule has 0 atom stereocenters. The van der Waals surface area contributed by atoms with Crippen molar-refractivity contribution in [3.8, 4) is 0 Å². The molecule has 0 aromatic rings. The third kappa shape index (κ3) is 2.51. The maximum atomic E-state index is 10.5. The summed E-state index contributed by atoms with van der Waals surface area (Å²) >= 11 is 5.53. The Morgan fingerprint density at radius 3 is 2.00 bits per heavy atom. The van der Waals surface area contributed by atoms with Gasteiger partial charge >= 0.3 is 0 Å². The van der Waals surface area contributed by atoms with Crippen molar-refractivity contribution in [1.29, 1.82) is 0 Å². The van der Waals surface area contributed by atoms with Gasteiger partial charge in [0.1, 0.15) is 5.03 Å². The first-order valence-corrected chi connectivity index (χ1v) is 3.02. The minimum Gasteiger partial charge on any atom is -0.390 e. The molecule has 0 saturated heterocycles. The maximum absolute atomic E-state index is 10.5. The Morgan fingerprint density at radius 2 is 1.89 bits per heavy atom. The fraction of sp³-hybridized carbons (Fsp3) is 0.500. The summed E-state index contributed by atoms with van der Waals surface area (Å²) in [5.74, 6) is -0.108. The molecular formula is C6H10ClNO. The third-order valence-electron chi connectivity index (χ3n) is 1.01. The van der Waals surface area contributed by atoms with Crippen molar-refractivity contribution in [3.05, 3.63) is 10.7 Å². The van der Waals surface area contributed by atoms with Gasteiger partial charge < -0.3 is 5.32 Å². The lowest BCUT2D eigenvalue weighted by molar-refractivity contribution is -0.113. The molecule has 0 bridgehead atoms. The Bertz CT molecular complexity index is 151. The quantitative estimate of drug-likeness (QED) is 0.596. The monoisotopic (exact) mass is 147 g/mol. The van der Waals surface area contributed by atoms with Gasteiger partial charge in [-0.3, -0.25) is 4.79 Å². The van der Waals surface area contributed by atoms with Gasteiger partial charge in [-0.05, 0) is 6.92 Å². The van der Waals surface area contributed by atoms with Crippen molar-refractivity contribution >= 4 is 17.4 Å². The zero-order valence-corrected chi connectivity index (χ0v) is 6.54. The Morgan fingerprint density at radius 1 is 1.44 bits per heavy atom. The molecule has 0 fully saturated rings. The van der Waals surface area contributed by atoms with Gasteiger partial charge in [0.25, 0.3) is 0 Å². The topological polar surface area (TPSA) is 29.1 Å². The molecule has 9 heavy (non-hydrogen) atoms. The van der Waals surface area contributed by atoms with Crippen LogP contribution in [-0.4, -0.2) is 12.8 Å². The van der Waals surface area contributed by atoms with Gasteiger partial charge in [-0.25, -0.2) is 0 Å². The second-order valence-electron chi connectivity index (χ2n) is 1.75. The fourth-order valence-electron chi connectivity index (χ4n) is 0.374. The summed E-state index contributed by atoms with van der Waals surface area (Å²) in [5, 5.41) is 3.05. The minimum atomic E-state index is -0.108. The van der Waals surface area contributed by atoms with Crippen LogP contribution >= 0.6 is 11.6 Å². The smallest absolute Gasteiger partial charge is 0.172 e. The summed E-state index contributed by atoms with van der Waals surface area (Å²) in [6, 6.07) is 0. The predicted octanol–water partition coefficient (Wildman–Crippen LogP) is 1.27. The number of carbonyl (C=O) groups excluding carboxylic acids is 1. The van der Waals surface area contributed by atoms with Crippen LogP contribution in [0.25, 0.3) is 0 Å². The zero-order chi connectivity index (χ0) is 7.44. The second-order valence-corrected chi connectivity index (χ2v) is 2.12. The van der Waals surface area contributed by atoms with E-state index in [1.165, 1.54) is 6.92 Å². The van der Waals surface area contributed by atoms with Crippen LogP contribution in [0.3, 0.4) is 0 Å². The van der Waals surface area contributed by atoms with Crippen molar-refractivity contribution in [2.24, 2.45) is 0 Å². The molecule has 0 aliphatic rings. The lowest BCUT2D eigenvalue weighted by Gasteiger charge is -1.99. The number of allylic oxidation sites excluding steroid dienone is 2. The molecule has 3 heteroatoms. The van der Waals surface area contributed by atoms with Gasteiger partial charge in [0, 0.05) is 19.7 Å². The number of carbonyl (C=O) groups is 1. The molecule has 0 rings (SSSR count). The molecule has 0 unspecified atom stereocenters. The molecule has 0 radical (unpaired) electrons. The van der Waals surface area contributed by atoms with Crippen molar-refractivity contribution in [1.82, 2.24) is 5.32 Å². The van der Waals surface area contributed by atoms with Crippen molar-refractivity contribution in [2.45, 2.75) is 13.8 Å². The van der Waals surface area contributed by atoms with Gasteiger partial charge in [0.05, 0.1) is 0 Å². The van der Waals surface area contributed by atoms with Gasteiger partial charge in [-0.15, -0.1) is 0 Å². The minimum absolute atomic E-state index is 0.108. The van der Waals surface area contributed by atoms with Crippen molar-refractivity contribution in [2.75, 3.05) is 7.05 Å². The molecule has 0 saturated carbocycles. The first-order valence-electron chi connectivity index (χ1n) is 2.64. The number of Topliss-reactive ketones (excluding diaryl/α,β-unsaturated/α-hetero) is 1. The van der Waals surface area contributed by atoms with E-state index in [4.69, 9.17) is 11.6 Å². The van der Waals surface area contributed by atoms with E-state index in [-0.39, 0.29) is 10.8 Å². The highest BCUT2D eigenvalue weighted by atomic mass is 35.5. The highest BCUT2D eigenvalue weighted by molar-refractivity contribution is 6.42. The largest absolute Gasteiger partial charge is 0.390 e. The highest BCUT2D eigenvalue weighted by Crippen LogP contribution is 2.06. The van der Waals surface area contributed by atoms with Crippen LogP contribution in [0, 0.1) is 0 Å². The Kier molecular flexibility index (Phi) is 3.32. The number of halogens is 1. The van der Waals surface area contributed by atoms with Crippen LogP contribution in [0.5, 0.6) is 0 Å². The van der Waals surface area contributed by atoms with E-state index in [1.807, 2.05) is 0 Å². The van der Waals surface area contributed by atoms with Crippen LogP contribution in [0.4, 0.5) is 0 Å². The summed E-state index contributed by atoms with van der Waals surface area (Å²) in [6.07, 6.45) is 0. The lowest BCUT2D eigenvalue weighted by atomic mass is 10.3. The second kappa shape index (κ2) is 3.51. The van der Waals surface area contributed by atoms with E-state index in [1.54, 1.807) is 14.0 Å². The maximum Gasteiger partial charge on any atom is 0.172 e. The number of ketones is 1. The zero-order valence-electron chi connectivity index (χ0n) is 5.79. The summed E-state index contributed by atoms with van der Waals surface area (Å²) in [7, 11) is 1.72. The molecular weight excluding hydrogens is 138 g/mol. The summed E-state index contributed by atoms with van der Waals surface area (Å²) in [5.41, 5.74) is 0.712. The molecule has 0 aromatic carbocycles. The van der Waals surface area contributed by atoms with Gasteiger partial charge in [0.15, 0.2) is 5.78 Å². The molecule has 0 aliphatic carbocycles. The van der Waals surface area contributed by atoms with Crippen LogP contribution < -0.4 is 5.32 Å². The number of rotatable bonds is 2. The van der Waals surface area contributed by atoms with E-state index in [0.29, 0.717) is 5.70 Å². The normalized spacial score (nSPS) is 12.4. The van der Waals surface area contributed by atoms with E-state index >= 15 is 0 Å². The highest BCUT2D eigenvalue weighted by Gasteiger charge is 2.01. The van der Waals surface area contributed by atoms with Crippen LogP contribution in [0.2, 0.25) is 0 Å². The summed E-state index contributed by atoms with van der Waals surface area (Å²) in [6.45, 7) is 3.19. The molecule has 52 valence electrons. The number of hydrogen-bond donors (Lipinski definition) is 1. The van der Waals surface area contributed by atoms with Crippen molar-refractivity contribution in [3.63, 3.8) is 0 Å². The van der Waals surface area contributed by atoms with Gasteiger partial charge in [0.2, 0.25) is 0 Å². The van der Waals surface area contributed by atoms with E-state index < -0.39 is 0 Å². The van der Waals surface area contributed by atoms with Crippen LogP contribution in [0.1, 0.15) is 13.8 Å². The molecule has 0 aromatic heterocycles. The van der Waals surface area contributed by atoms with Crippen molar-refractivity contribution < 1.29 is 4.79 Å². The Hall–Kier alpha value is -0.500. The summed E-state index contributed by atoms with van der Waals surface area (Å²) < 4.78 is 0. The average Bonchev–Trinajstić information content (AvgIpc) is 1.84. The third-order valence-corrected chi connectivity index (χ3v) is 1.56. The van der Waals surface area contributed by atoms with Gasteiger partial charge in [-0.1, -0.05) is 11.6 Å². The lowest BCUT2D eigenvalue weighted by Crippen LogP contribution is -2.06. The average molecular weight is 148 g/mol. The van der Waals surface area contributed by atoms with Crippen LogP contribution in [0.15, 0.2) is 10.7 Å². The molecule has 2 nitrogen and oxygen atoms in total. The molecule has 0 aliphatic heterocycles. The Balaban J connectivity index is 4.28. The molecule has 0 heterocycles. The standard InChI is InChI=1S/C6H10ClNO/c1-4(8-3)6(7)5(2)9/h8H,1-3H3/b6-4-. The Labute approximate surface area is 59.9 Å². The fourth-order valence-corrected chi connectivity index (χ4v) is 0.468. The first kappa shape index (κ1) is 8.50. The number of hydrogen-bond acceptors (Lipinski definition) is 2. The van der Waals surface area contributed by atoms with E-state index in [9.17, 15) is 4.79 Å². The molecule has 0 spiro atoms. The predicted molar refractivity (Wildman–Crippen MR) is 38.3 cm³/mol. The molecule has 1 N–H and O–H groups in total. The van der Waals surface area contributed by atoms with Gasteiger partial charge in [-0.2, -0.15) is 0 Å². The van der Waals surface area contributed by atoms with Crippen LogP contribution in [-0.2, 0) is 4.79 Å². The van der Waals surface area contributed by atoms with E-state index in [2.05, 4.69) is 5.32 Å². The molecule has 0 amide bonds. The first-order chi connectivity index (χ1) is 4.09. The van der Waals surface area contributed by atoms with E-state index in [0.717, 1.165) is 0 Å².